The maximum Gasteiger partial charge on any atom is 0.149 e. The van der Waals surface area contributed by atoms with Crippen LogP contribution < -0.4 is 0 Å². The Bertz CT molecular complexity index is 257. The third-order valence-corrected chi connectivity index (χ3v) is 4.44. The third kappa shape index (κ3) is 3.29. The molecule has 0 bridgehead atoms. The second-order valence-corrected chi connectivity index (χ2v) is 5.81. The molecule has 2 rings (SSSR count). The number of ketones is 1. The number of piperidine rings is 1. The first-order chi connectivity index (χ1) is 8.18. The maximum absolute atomic E-state index is 12.1. The molecule has 98 valence electrons. The molecule has 1 aliphatic heterocycles. The first-order valence-corrected chi connectivity index (χ1v) is 7.11. The van der Waals surface area contributed by atoms with Crippen LogP contribution >= 0.6 is 0 Å². The molecule has 1 aliphatic carbocycles. The zero-order chi connectivity index (χ0) is 12.3. The van der Waals surface area contributed by atoms with E-state index in [9.17, 15) is 4.79 Å². The van der Waals surface area contributed by atoms with E-state index in [1.807, 2.05) is 0 Å². The number of carbonyl (C=O) groups excluding carboxylic acids is 1. The van der Waals surface area contributed by atoms with Gasteiger partial charge < -0.3 is 4.90 Å². The van der Waals surface area contributed by atoms with Gasteiger partial charge in [0.1, 0.15) is 5.78 Å². The molecule has 0 amide bonds. The number of nitrogens with zero attached hydrogens (tertiary/aromatic N) is 2. The number of rotatable bonds is 2. The van der Waals surface area contributed by atoms with Gasteiger partial charge in [-0.05, 0) is 39.8 Å². The van der Waals surface area contributed by atoms with Crippen molar-refractivity contribution in [3.8, 4) is 0 Å². The van der Waals surface area contributed by atoms with Crippen molar-refractivity contribution in [1.29, 1.82) is 0 Å². The Morgan fingerprint density at radius 2 is 1.76 bits per heavy atom. The lowest BCUT2D eigenvalue weighted by Crippen LogP contribution is -2.48. The summed E-state index contributed by atoms with van der Waals surface area (Å²) in [5.41, 5.74) is 0. The van der Waals surface area contributed by atoms with E-state index in [0.717, 1.165) is 32.4 Å². The van der Waals surface area contributed by atoms with Crippen molar-refractivity contribution in [3.63, 3.8) is 0 Å². The van der Waals surface area contributed by atoms with Gasteiger partial charge in [0.25, 0.3) is 0 Å². The van der Waals surface area contributed by atoms with E-state index in [2.05, 4.69) is 23.9 Å². The molecule has 2 fully saturated rings. The molecule has 1 heterocycles. The number of Topliss-reactive ketones (excluding diaryl/α,β-unsaturated/α-hetero) is 1. The number of likely N-dealkylation sites (tertiary alicyclic amines) is 1. The van der Waals surface area contributed by atoms with E-state index in [1.54, 1.807) is 0 Å². The quantitative estimate of drug-likeness (QED) is 0.687. The van der Waals surface area contributed by atoms with Gasteiger partial charge in [-0.25, -0.2) is 0 Å². The standard InChI is InChI=1S/C14H26N2O/c1-15(2)12-8-10-16(11-9-12)13-6-4-3-5-7-14(13)17/h12-13H,3-11H2,1-2H3. The Morgan fingerprint density at radius 3 is 2.41 bits per heavy atom. The predicted molar refractivity (Wildman–Crippen MR) is 70.2 cm³/mol. The second kappa shape index (κ2) is 5.96. The first-order valence-electron chi connectivity index (χ1n) is 7.11. The summed E-state index contributed by atoms with van der Waals surface area (Å²) in [6.45, 7) is 2.22. The van der Waals surface area contributed by atoms with Crippen LogP contribution in [0.5, 0.6) is 0 Å². The second-order valence-electron chi connectivity index (χ2n) is 5.81. The Labute approximate surface area is 105 Å². The molecular formula is C14H26N2O. The number of carbonyl (C=O) groups is 1. The van der Waals surface area contributed by atoms with Gasteiger partial charge in [0, 0.05) is 25.6 Å². The summed E-state index contributed by atoms with van der Waals surface area (Å²) in [5, 5.41) is 0. The fourth-order valence-corrected chi connectivity index (χ4v) is 3.24. The summed E-state index contributed by atoms with van der Waals surface area (Å²) in [4.78, 5) is 16.9. The van der Waals surface area contributed by atoms with Crippen LogP contribution in [0.3, 0.4) is 0 Å². The fraction of sp³-hybridized carbons (Fsp3) is 0.929. The van der Waals surface area contributed by atoms with Crippen molar-refractivity contribution < 1.29 is 4.79 Å². The van der Waals surface area contributed by atoms with Crippen molar-refractivity contribution in [2.75, 3.05) is 27.2 Å². The van der Waals surface area contributed by atoms with Crippen molar-refractivity contribution in [1.82, 2.24) is 9.80 Å². The lowest BCUT2D eigenvalue weighted by Gasteiger charge is -2.38. The summed E-state index contributed by atoms with van der Waals surface area (Å²) in [5.74, 6) is 0.505. The molecule has 17 heavy (non-hydrogen) atoms. The minimum Gasteiger partial charge on any atom is -0.306 e. The maximum atomic E-state index is 12.1. The smallest absolute Gasteiger partial charge is 0.149 e. The van der Waals surface area contributed by atoms with Gasteiger partial charge >= 0.3 is 0 Å². The molecule has 1 saturated heterocycles. The highest BCUT2D eigenvalue weighted by molar-refractivity contribution is 5.84. The van der Waals surface area contributed by atoms with Gasteiger partial charge in [0.15, 0.2) is 0 Å². The molecule has 0 radical (unpaired) electrons. The molecule has 0 spiro atoms. The molecule has 1 atom stereocenters. The Morgan fingerprint density at radius 1 is 1.06 bits per heavy atom. The molecule has 3 nitrogen and oxygen atoms in total. The third-order valence-electron chi connectivity index (χ3n) is 4.44. The number of hydrogen-bond donors (Lipinski definition) is 0. The van der Waals surface area contributed by atoms with Gasteiger partial charge in [-0.3, -0.25) is 9.69 Å². The van der Waals surface area contributed by atoms with Crippen LogP contribution in [0.1, 0.15) is 44.9 Å². The predicted octanol–water partition coefficient (Wildman–Crippen LogP) is 1.91. The monoisotopic (exact) mass is 238 g/mol. The highest BCUT2D eigenvalue weighted by atomic mass is 16.1. The van der Waals surface area contributed by atoms with E-state index < -0.39 is 0 Å². The minimum absolute atomic E-state index is 0.251. The van der Waals surface area contributed by atoms with E-state index in [4.69, 9.17) is 0 Å². The van der Waals surface area contributed by atoms with Crippen LogP contribution in [0.2, 0.25) is 0 Å². The average Bonchev–Trinajstić information content (AvgIpc) is 2.54. The van der Waals surface area contributed by atoms with Crippen molar-refractivity contribution in [2.45, 2.75) is 57.0 Å². The summed E-state index contributed by atoms with van der Waals surface area (Å²) >= 11 is 0. The normalized spacial score (nSPS) is 29.6. The molecule has 0 N–H and O–H groups in total. The van der Waals surface area contributed by atoms with Crippen LogP contribution in [-0.2, 0) is 4.79 Å². The Balaban J connectivity index is 1.88. The van der Waals surface area contributed by atoms with Crippen LogP contribution in [0.4, 0.5) is 0 Å². The molecule has 0 aromatic rings. The molecule has 0 aromatic heterocycles. The molecule has 0 aromatic carbocycles. The van der Waals surface area contributed by atoms with Crippen LogP contribution in [0, 0.1) is 0 Å². The first kappa shape index (κ1) is 13.0. The fourth-order valence-electron chi connectivity index (χ4n) is 3.24. The minimum atomic E-state index is 0.251. The van der Waals surface area contributed by atoms with Gasteiger partial charge in [0.05, 0.1) is 6.04 Å². The highest BCUT2D eigenvalue weighted by Crippen LogP contribution is 2.23. The summed E-state index contributed by atoms with van der Waals surface area (Å²) in [6.07, 6.45) is 7.96. The summed E-state index contributed by atoms with van der Waals surface area (Å²) in [7, 11) is 4.33. The SMILES string of the molecule is CN(C)C1CCN(C2CCCCCC2=O)CC1. The van der Waals surface area contributed by atoms with Gasteiger partial charge in [-0.1, -0.05) is 12.8 Å². The van der Waals surface area contributed by atoms with E-state index in [-0.39, 0.29) is 6.04 Å². The van der Waals surface area contributed by atoms with Crippen molar-refractivity contribution in [2.24, 2.45) is 0 Å². The van der Waals surface area contributed by atoms with Gasteiger partial charge in [-0.15, -0.1) is 0 Å². The van der Waals surface area contributed by atoms with Gasteiger partial charge in [-0.2, -0.15) is 0 Å². The van der Waals surface area contributed by atoms with Crippen LogP contribution in [0.25, 0.3) is 0 Å². The largest absolute Gasteiger partial charge is 0.306 e. The Kier molecular flexibility index (Phi) is 4.57. The topological polar surface area (TPSA) is 23.6 Å². The van der Waals surface area contributed by atoms with Crippen LogP contribution in [0.15, 0.2) is 0 Å². The van der Waals surface area contributed by atoms with Crippen molar-refractivity contribution in [3.05, 3.63) is 0 Å². The van der Waals surface area contributed by atoms with Crippen LogP contribution in [-0.4, -0.2) is 54.9 Å². The van der Waals surface area contributed by atoms with E-state index in [0.29, 0.717) is 11.8 Å². The molecule has 3 heteroatoms. The van der Waals surface area contributed by atoms with Crippen molar-refractivity contribution >= 4 is 5.78 Å². The zero-order valence-corrected chi connectivity index (χ0v) is 11.3. The summed E-state index contributed by atoms with van der Waals surface area (Å²) < 4.78 is 0. The summed E-state index contributed by atoms with van der Waals surface area (Å²) in [6, 6.07) is 0.966. The molecule has 1 saturated carbocycles. The molecular weight excluding hydrogens is 212 g/mol. The van der Waals surface area contributed by atoms with Gasteiger partial charge in [0.2, 0.25) is 0 Å². The highest BCUT2D eigenvalue weighted by Gasteiger charge is 2.30. The lowest BCUT2D eigenvalue weighted by molar-refractivity contribution is -0.124. The molecule has 1 unspecified atom stereocenters. The molecule has 2 aliphatic rings. The Hall–Kier alpha value is -0.410. The van der Waals surface area contributed by atoms with E-state index >= 15 is 0 Å². The lowest BCUT2D eigenvalue weighted by atomic mass is 9.98. The zero-order valence-electron chi connectivity index (χ0n) is 11.3. The van der Waals surface area contributed by atoms with E-state index in [1.165, 1.54) is 25.7 Å². The average molecular weight is 238 g/mol. The number of hydrogen-bond acceptors (Lipinski definition) is 3.